The molecule has 2 rings (SSSR count). The maximum atomic E-state index is 12.5. The number of nitrogens with zero attached hydrogens (tertiary/aromatic N) is 2. The highest BCUT2D eigenvalue weighted by Crippen LogP contribution is 2.24. The first-order valence-corrected chi connectivity index (χ1v) is 7.82. The first kappa shape index (κ1) is 15.4. The third-order valence-corrected chi connectivity index (χ3v) is 4.34. The molecular weight excluding hydrogens is 274 g/mol. The van der Waals surface area contributed by atoms with Gasteiger partial charge in [-0.2, -0.15) is 0 Å². The van der Waals surface area contributed by atoms with E-state index in [1.165, 1.54) is 12.8 Å². The zero-order chi connectivity index (χ0) is 14.8. The molecule has 5 heteroatoms. The summed E-state index contributed by atoms with van der Waals surface area (Å²) in [5.41, 5.74) is -0.326. The molecule has 0 aliphatic heterocycles. The van der Waals surface area contributed by atoms with Crippen LogP contribution in [0.15, 0.2) is 17.2 Å². The Balaban J connectivity index is 2.23. The summed E-state index contributed by atoms with van der Waals surface area (Å²) >= 11 is 6.42. The Hall–Kier alpha value is -1.03. The molecule has 2 atom stereocenters. The lowest BCUT2D eigenvalue weighted by molar-refractivity contribution is 0.383. The minimum atomic E-state index is -0.250. The number of hydrogen-bond acceptors (Lipinski definition) is 3. The van der Waals surface area contributed by atoms with Crippen molar-refractivity contribution in [2.45, 2.75) is 69.8 Å². The van der Waals surface area contributed by atoms with Crippen molar-refractivity contribution in [3.8, 4) is 0 Å². The molecule has 112 valence electrons. The number of rotatable bonds is 2. The molecule has 1 aromatic heterocycles. The Labute approximate surface area is 125 Å². The van der Waals surface area contributed by atoms with E-state index in [2.05, 4.69) is 10.3 Å². The summed E-state index contributed by atoms with van der Waals surface area (Å²) in [6, 6.07) is 0.134. The number of halogens is 1. The molecule has 1 N–H and O–H groups in total. The van der Waals surface area contributed by atoms with E-state index in [1.807, 2.05) is 20.8 Å². The summed E-state index contributed by atoms with van der Waals surface area (Å²) < 4.78 is 1.71. The molecule has 1 heterocycles. The summed E-state index contributed by atoms with van der Waals surface area (Å²) in [7, 11) is 0. The van der Waals surface area contributed by atoms with Crippen LogP contribution in [0.5, 0.6) is 0 Å². The van der Waals surface area contributed by atoms with Gasteiger partial charge in [-0.05, 0) is 33.6 Å². The fourth-order valence-electron chi connectivity index (χ4n) is 2.64. The van der Waals surface area contributed by atoms with Crippen LogP contribution < -0.4 is 10.9 Å². The SMILES string of the molecule is CC(C)(C)n1ccnc(NC2CCCCCC2Cl)c1=O. The molecular formula is C15H24ClN3O. The van der Waals surface area contributed by atoms with Crippen molar-refractivity contribution in [1.29, 1.82) is 0 Å². The van der Waals surface area contributed by atoms with Crippen LogP contribution in [-0.2, 0) is 5.54 Å². The third kappa shape index (κ3) is 3.54. The summed E-state index contributed by atoms with van der Waals surface area (Å²) in [6.07, 6.45) is 8.95. The average molecular weight is 298 g/mol. The molecule has 0 radical (unpaired) electrons. The molecule has 1 aliphatic rings. The highest BCUT2D eigenvalue weighted by Gasteiger charge is 2.24. The monoisotopic (exact) mass is 297 g/mol. The second kappa shape index (κ2) is 6.17. The number of anilines is 1. The molecule has 4 nitrogen and oxygen atoms in total. The van der Waals surface area contributed by atoms with Gasteiger partial charge in [-0.3, -0.25) is 4.79 Å². The molecule has 1 aromatic rings. The van der Waals surface area contributed by atoms with Gasteiger partial charge in [-0.1, -0.05) is 19.3 Å². The average Bonchev–Trinajstić information content (AvgIpc) is 2.56. The van der Waals surface area contributed by atoms with Crippen LogP contribution in [-0.4, -0.2) is 21.0 Å². The normalized spacial score (nSPS) is 24.2. The van der Waals surface area contributed by atoms with E-state index >= 15 is 0 Å². The molecule has 0 amide bonds. The van der Waals surface area contributed by atoms with Gasteiger partial charge in [0, 0.05) is 24.0 Å². The van der Waals surface area contributed by atoms with Crippen LogP contribution in [0.3, 0.4) is 0 Å². The zero-order valence-electron chi connectivity index (χ0n) is 12.5. The van der Waals surface area contributed by atoms with Crippen molar-refractivity contribution >= 4 is 17.4 Å². The van der Waals surface area contributed by atoms with Crippen LogP contribution in [0.25, 0.3) is 0 Å². The molecule has 20 heavy (non-hydrogen) atoms. The lowest BCUT2D eigenvalue weighted by atomic mass is 10.1. The van der Waals surface area contributed by atoms with Crippen molar-refractivity contribution in [3.05, 3.63) is 22.7 Å². The van der Waals surface area contributed by atoms with Gasteiger partial charge in [0.25, 0.3) is 5.56 Å². The van der Waals surface area contributed by atoms with Crippen LogP contribution in [0.1, 0.15) is 52.9 Å². The lowest BCUT2D eigenvalue weighted by Crippen LogP contribution is -2.38. The first-order chi connectivity index (χ1) is 9.39. The Bertz CT molecular complexity index is 507. The predicted molar refractivity (Wildman–Crippen MR) is 83.6 cm³/mol. The molecule has 1 saturated carbocycles. The van der Waals surface area contributed by atoms with Crippen molar-refractivity contribution in [2.75, 3.05) is 5.32 Å². The lowest BCUT2D eigenvalue weighted by Gasteiger charge is -2.25. The fourth-order valence-corrected chi connectivity index (χ4v) is 2.98. The van der Waals surface area contributed by atoms with E-state index in [-0.39, 0.29) is 22.5 Å². The van der Waals surface area contributed by atoms with Gasteiger partial charge in [0.15, 0.2) is 5.82 Å². The minimum Gasteiger partial charge on any atom is -0.361 e. The van der Waals surface area contributed by atoms with E-state index in [9.17, 15) is 4.79 Å². The Morgan fingerprint density at radius 3 is 2.70 bits per heavy atom. The van der Waals surface area contributed by atoms with Crippen LogP contribution in [0.2, 0.25) is 0 Å². The zero-order valence-corrected chi connectivity index (χ0v) is 13.3. The Kier molecular flexibility index (Phi) is 4.74. The van der Waals surface area contributed by atoms with Crippen LogP contribution >= 0.6 is 11.6 Å². The van der Waals surface area contributed by atoms with Gasteiger partial charge in [0.2, 0.25) is 0 Å². The smallest absolute Gasteiger partial charge is 0.293 e. The van der Waals surface area contributed by atoms with Crippen LogP contribution in [0.4, 0.5) is 5.82 Å². The molecule has 0 bridgehead atoms. The van der Waals surface area contributed by atoms with Gasteiger partial charge in [0.1, 0.15) is 0 Å². The van der Waals surface area contributed by atoms with Crippen molar-refractivity contribution in [3.63, 3.8) is 0 Å². The molecule has 0 saturated heterocycles. The summed E-state index contributed by atoms with van der Waals surface area (Å²) in [5, 5.41) is 3.35. The minimum absolute atomic E-state index is 0.0713. The van der Waals surface area contributed by atoms with Gasteiger partial charge < -0.3 is 9.88 Å². The van der Waals surface area contributed by atoms with Gasteiger partial charge in [-0.15, -0.1) is 11.6 Å². The van der Waals surface area contributed by atoms with E-state index in [1.54, 1.807) is 17.0 Å². The maximum absolute atomic E-state index is 12.5. The summed E-state index contributed by atoms with van der Waals surface area (Å²) in [5.74, 6) is 0.417. The molecule has 1 aliphatic carbocycles. The highest BCUT2D eigenvalue weighted by atomic mass is 35.5. The number of alkyl halides is 1. The summed E-state index contributed by atoms with van der Waals surface area (Å²) in [4.78, 5) is 16.7. The molecule has 1 fully saturated rings. The molecule has 0 spiro atoms. The van der Waals surface area contributed by atoms with E-state index in [0.717, 1.165) is 19.3 Å². The topological polar surface area (TPSA) is 46.9 Å². The second-order valence-corrected chi connectivity index (χ2v) is 7.09. The predicted octanol–water partition coefficient (Wildman–Crippen LogP) is 3.35. The number of nitrogens with one attached hydrogen (secondary N) is 1. The third-order valence-electron chi connectivity index (χ3n) is 3.82. The fraction of sp³-hybridized carbons (Fsp3) is 0.733. The van der Waals surface area contributed by atoms with Crippen molar-refractivity contribution in [1.82, 2.24) is 9.55 Å². The van der Waals surface area contributed by atoms with Crippen molar-refractivity contribution in [2.24, 2.45) is 0 Å². The van der Waals surface area contributed by atoms with Crippen LogP contribution in [0, 0.1) is 0 Å². The van der Waals surface area contributed by atoms with E-state index in [4.69, 9.17) is 11.6 Å². The number of aromatic nitrogens is 2. The molecule has 0 aromatic carbocycles. The van der Waals surface area contributed by atoms with Gasteiger partial charge >= 0.3 is 0 Å². The van der Waals surface area contributed by atoms with Gasteiger partial charge in [0.05, 0.1) is 5.38 Å². The maximum Gasteiger partial charge on any atom is 0.293 e. The van der Waals surface area contributed by atoms with Crippen molar-refractivity contribution < 1.29 is 0 Å². The van der Waals surface area contributed by atoms with E-state index in [0.29, 0.717) is 5.82 Å². The first-order valence-electron chi connectivity index (χ1n) is 7.38. The quantitative estimate of drug-likeness (QED) is 0.672. The number of hydrogen-bond donors (Lipinski definition) is 1. The second-order valence-electron chi connectivity index (χ2n) is 6.53. The Morgan fingerprint density at radius 2 is 2.00 bits per heavy atom. The largest absolute Gasteiger partial charge is 0.361 e. The highest BCUT2D eigenvalue weighted by molar-refractivity contribution is 6.21. The Morgan fingerprint density at radius 1 is 1.30 bits per heavy atom. The van der Waals surface area contributed by atoms with Gasteiger partial charge in [-0.25, -0.2) is 4.98 Å². The summed E-state index contributed by atoms with van der Waals surface area (Å²) in [6.45, 7) is 6.02. The van der Waals surface area contributed by atoms with E-state index < -0.39 is 0 Å². The standard InChI is InChI=1S/C15H24ClN3O/c1-15(2,3)19-10-9-17-13(14(19)20)18-12-8-6-4-5-7-11(12)16/h9-12H,4-8H2,1-3H3,(H,17,18). The molecule has 2 unspecified atom stereocenters.